The number of aromatic nitrogens is 2. The maximum Gasteiger partial charge on any atom is 0.250 e. The second-order valence-electron chi connectivity index (χ2n) is 6.71. The van der Waals surface area contributed by atoms with Crippen LogP contribution in [0.2, 0.25) is 5.02 Å². The zero-order chi connectivity index (χ0) is 18.7. The molecule has 3 rings (SSSR count). The number of primary amides is 1. The molecule has 26 heavy (non-hydrogen) atoms. The Hall–Kier alpha value is -2.22. The Morgan fingerprint density at radius 2 is 2.23 bits per heavy atom. The maximum absolute atomic E-state index is 11.8. The molecule has 7 nitrogen and oxygen atoms in total. The van der Waals surface area contributed by atoms with Crippen LogP contribution in [0.3, 0.4) is 0 Å². The Balaban J connectivity index is 1.82. The van der Waals surface area contributed by atoms with E-state index >= 15 is 0 Å². The van der Waals surface area contributed by atoms with Gasteiger partial charge in [-0.05, 0) is 32.0 Å². The van der Waals surface area contributed by atoms with Gasteiger partial charge in [-0.25, -0.2) is 4.98 Å². The lowest BCUT2D eigenvalue weighted by Crippen LogP contribution is -2.45. The quantitative estimate of drug-likeness (QED) is 0.831. The Bertz CT molecular complexity index is 813. The number of hydrogen-bond donors (Lipinski definition) is 2. The van der Waals surface area contributed by atoms with Crippen molar-refractivity contribution in [3.63, 3.8) is 0 Å². The first-order chi connectivity index (χ1) is 12.4. The van der Waals surface area contributed by atoms with Crippen LogP contribution >= 0.6 is 11.6 Å². The van der Waals surface area contributed by atoms with E-state index in [9.17, 15) is 4.79 Å². The minimum atomic E-state index is -0.572. The summed E-state index contributed by atoms with van der Waals surface area (Å²) < 4.78 is 11.5. The number of nitrogens with zero attached hydrogens (tertiary/aromatic N) is 2. The first-order valence-electron chi connectivity index (χ1n) is 8.26. The van der Waals surface area contributed by atoms with Crippen molar-refractivity contribution in [2.75, 3.05) is 25.1 Å². The molecule has 2 aromatic rings. The van der Waals surface area contributed by atoms with Gasteiger partial charge in [0, 0.05) is 24.5 Å². The summed E-state index contributed by atoms with van der Waals surface area (Å²) in [4.78, 5) is 20.2. The van der Waals surface area contributed by atoms with E-state index in [1.54, 1.807) is 24.4 Å². The molecule has 8 heteroatoms. The topological polar surface area (TPSA) is 99.4 Å². The summed E-state index contributed by atoms with van der Waals surface area (Å²) in [6.45, 7) is 5.58. The van der Waals surface area contributed by atoms with E-state index in [1.165, 1.54) is 6.20 Å². The molecule has 0 aromatic carbocycles. The Morgan fingerprint density at radius 1 is 1.42 bits per heavy atom. The van der Waals surface area contributed by atoms with E-state index in [-0.39, 0.29) is 11.7 Å². The molecule has 2 aromatic heterocycles. The predicted molar refractivity (Wildman–Crippen MR) is 99.3 cm³/mol. The first kappa shape index (κ1) is 18.6. The number of rotatable bonds is 5. The summed E-state index contributed by atoms with van der Waals surface area (Å²) in [6.07, 6.45) is 2.99. The highest BCUT2D eigenvalue weighted by Crippen LogP contribution is 2.29. The van der Waals surface area contributed by atoms with Gasteiger partial charge < -0.3 is 20.5 Å². The molecule has 1 aliphatic heterocycles. The van der Waals surface area contributed by atoms with Crippen LogP contribution in [0.4, 0.5) is 5.82 Å². The fraction of sp³-hybridized carbons (Fsp3) is 0.389. The largest absolute Gasteiger partial charge is 0.376 e. The van der Waals surface area contributed by atoms with E-state index in [0.717, 1.165) is 0 Å². The van der Waals surface area contributed by atoms with Gasteiger partial charge in [-0.2, -0.15) is 0 Å². The molecular formula is C18H21ClN4O3. The lowest BCUT2D eigenvalue weighted by molar-refractivity contribution is -0.177. The minimum Gasteiger partial charge on any atom is -0.376 e. The van der Waals surface area contributed by atoms with Gasteiger partial charge in [-0.1, -0.05) is 11.6 Å². The molecule has 1 saturated heterocycles. The normalized spacial score (nSPS) is 19.1. The number of carbonyl (C=O) groups is 1. The van der Waals surface area contributed by atoms with E-state index in [4.69, 9.17) is 26.8 Å². The molecule has 1 amide bonds. The number of pyridine rings is 2. The summed E-state index contributed by atoms with van der Waals surface area (Å²) in [5.74, 6) is 0.0163. The molecule has 0 aliphatic carbocycles. The molecule has 0 radical (unpaired) electrons. The van der Waals surface area contributed by atoms with Crippen LogP contribution < -0.4 is 11.1 Å². The third kappa shape index (κ3) is 4.30. The van der Waals surface area contributed by atoms with Crippen molar-refractivity contribution in [1.29, 1.82) is 0 Å². The summed E-state index contributed by atoms with van der Waals surface area (Å²) in [5.41, 5.74) is 6.46. The fourth-order valence-corrected chi connectivity index (χ4v) is 3.01. The van der Waals surface area contributed by atoms with Crippen LogP contribution in [0.5, 0.6) is 0 Å². The highest BCUT2D eigenvalue weighted by Gasteiger charge is 2.29. The number of halogens is 1. The molecule has 138 valence electrons. The summed E-state index contributed by atoms with van der Waals surface area (Å²) >= 11 is 6.21. The number of anilines is 1. The molecule has 0 saturated carbocycles. The number of ether oxygens (including phenoxy) is 2. The summed E-state index contributed by atoms with van der Waals surface area (Å²) in [5, 5.41) is 3.61. The van der Waals surface area contributed by atoms with E-state index < -0.39 is 5.91 Å². The van der Waals surface area contributed by atoms with Crippen molar-refractivity contribution in [2.45, 2.75) is 25.6 Å². The predicted octanol–water partition coefficient (Wildman–Crippen LogP) is 2.50. The Morgan fingerprint density at radius 3 is 2.92 bits per heavy atom. The van der Waals surface area contributed by atoms with Gasteiger partial charge in [0.15, 0.2) is 0 Å². The molecule has 1 atom stereocenters. The zero-order valence-corrected chi connectivity index (χ0v) is 15.4. The first-order valence-corrected chi connectivity index (χ1v) is 8.64. The molecule has 3 heterocycles. The van der Waals surface area contributed by atoms with Gasteiger partial charge in [0.2, 0.25) is 0 Å². The highest BCUT2D eigenvalue weighted by atomic mass is 35.5. The third-order valence-corrected chi connectivity index (χ3v) is 4.24. The van der Waals surface area contributed by atoms with Crippen LogP contribution in [0.25, 0.3) is 11.3 Å². The fourth-order valence-electron chi connectivity index (χ4n) is 2.80. The van der Waals surface area contributed by atoms with Gasteiger partial charge in [0.05, 0.1) is 41.2 Å². The van der Waals surface area contributed by atoms with Crippen molar-refractivity contribution in [3.8, 4) is 11.3 Å². The van der Waals surface area contributed by atoms with Gasteiger partial charge in [-0.15, -0.1) is 0 Å². The van der Waals surface area contributed by atoms with Gasteiger partial charge in [0.1, 0.15) is 5.82 Å². The second-order valence-corrected chi connectivity index (χ2v) is 7.12. The molecule has 0 bridgehead atoms. The van der Waals surface area contributed by atoms with Crippen LogP contribution in [0.1, 0.15) is 24.2 Å². The van der Waals surface area contributed by atoms with Gasteiger partial charge in [-0.3, -0.25) is 9.78 Å². The molecule has 3 N–H and O–H groups in total. The van der Waals surface area contributed by atoms with Crippen molar-refractivity contribution in [1.82, 2.24) is 9.97 Å². The van der Waals surface area contributed by atoms with Crippen LogP contribution in [-0.4, -0.2) is 47.3 Å². The van der Waals surface area contributed by atoms with E-state index in [1.807, 2.05) is 13.8 Å². The van der Waals surface area contributed by atoms with E-state index in [2.05, 4.69) is 15.3 Å². The highest BCUT2D eigenvalue weighted by molar-refractivity contribution is 6.33. The number of nitrogens with two attached hydrogens (primary N) is 1. The van der Waals surface area contributed by atoms with Crippen molar-refractivity contribution < 1.29 is 14.3 Å². The summed E-state index contributed by atoms with van der Waals surface area (Å²) in [6, 6.07) is 5.03. The molecule has 1 aliphatic rings. The average molecular weight is 377 g/mol. The molecule has 1 fully saturated rings. The van der Waals surface area contributed by atoms with Gasteiger partial charge in [0.25, 0.3) is 5.91 Å². The monoisotopic (exact) mass is 376 g/mol. The molecule has 0 unspecified atom stereocenters. The third-order valence-electron chi connectivity index (χ3n) is 3.94. The summed E-state index contributed by atoms with van der Waals surface area (Å²) in [7, 11) is 0. The second kappa shape index (κ2) is 7.57. The SMILES string of the molecule is CC1(C)COC[C@H](CNc2ccc(C(N)=O)c(-c3ccncc3Cl)n2)O1. The van der Waals surface area contributed by atoms with Crippen LogP contribution in [0.15, 0.2) is 30.6 Å². The van der Waals surface area contributed by atoms with Crippen LogP contribution in [-0.2, 0) is 9.47 Å². The Kier molecular flexibility index (Phi) is 5.41. The van der Waals surface area contributed by atoms with Crippen molar-refractivity contribution >= 4 is 23.3 Å². The van der Waals surface area contributed by atoms with Crippen molar-refractivity contribution in [3.05, 3.63) is 41.2 Å². The zero-order valence-electron chi connectivity index (χ0n) is 14.7. The number of hydrogen-bond acceptors (Lipinski definition) is 6. The van der Waals surface area contributed by atoms with Crippen LogP contribution in [0, 0.1) is 0 Å². The number of carbonyl (C=O) groups excluding carboxylic acids is 1. The molecule has 0 spiro atoms. The van der Waals surface area contributed by atoms with Crippen molar-refractivity contribution in [2.24, 2.45) is 5.73 Å². The maximum atomic E-state index is 11.8. The molecular weight excluding hydrogens is 356 g/mol. The minimum absolute atomic E-state index is 0.0932. The lowest BCUT2D eigenvalue weighted by Gasteiger charge is -2.36. The average Bonchev–Trinajstić information content (AvgIpc) is 2.59. The van der Waals surface area contributed by atoms with Gasteiger partial charge >= 0.3 is 0 Å². The van der Waals surface area contributed by atoms with E-state index in [0.29, 0.717) is 47.4 Å². The standard InChI is InChI=1S/C18H21ClN4O3/c1-18(2)10-25-9-11(26-18)7-22-15-4-3-13(17(20)24)16(23-15)12-5-6-21-8-14(12)19/h3-6,8,11H,7,9-10H2,1-2H3,(H2,20,24)(H,22,23)/t11-/m0/s1. The lowest BCUT2D eigenvalue weighted by atomic mass is 10.1. The number of nitrogens with one attached hydrogen (secondary N) is 1. The Labute approximate surface area is 156 Å². The smallest absolute Gasteiger partial charge is 0.250 e. The number of amides is 1.